The first-order valence-corrected chi connectivity index (χ1v) is 11.3. The number of nitrogens with zero attached hydrogens (tertiary/aromatic N) is 5. The molecule has 0 radical (unpaired) electrons. The number of carbonyl (C=O) groups is 1. The Kier molecular flexibility index (Phi) is 8.86. The summed E-state index contributed by atoms with van der Waals surface area (Å²) >= 11 is 0. The second-order valence-electron chi connectivity index (χ2n) is 8.86. The summed E-state index contributed by atoms with van der Waals surface area (Å²) in [5, 5.41) is 0. The number of hydrogen-bond acceptors (Lipinski definition) is 12. The van der Waals surface area contributed by atoms with Gasteiger partial charge in [-0.25, -0.2) is 0 Å². The molecule has 0 saturated carbocycles. The van der Waals surface area contributed by atoms with Crippen LogP contribution in [0.2, 0.25) is 0 Å². The summed E-state index contributed by atoms with van der Waals surface area (Å²) in [5.74, 6) is 1.05. The van der Waals surface area contributed by atoms with Gasteiger partial charge in [-0.15, -0.1) is 12.4 Å². The minimum atomic E-state index is -0.398. The molecule has 4 atom stereocenters. The molecule has 10 N–H and O–H groups in total. The second-order valence-corrected chi connectivity index (χ2v) is 8.86. The smallest absolute Gasteiger partial charge is 0.273 e. The van der Waals surface area contributed by atoms with E-state index in [4.69, 9.17) is 27.7 Å². The predicted molar refractivity (Wildman–Crippen MR) is 137 cm³/mol. The highest BCUT2D eigenvalue weighted by Crippen LogP contribution is 2.22. The number of ether oxygens (including phenoxy) is 1. The molecule has 1 amide bonds. The van der Waals surface area contributed by atoms with Gasteiger partial charge < -0.3 is 37.5 Å². The van der Waals surface area contributed by atoms with Gasteiger partial charge in [-0.2, -0.15) is 15.0 Å². The number of amides is 1. The zero-order chi connectivity index (χ0) is 24.2. The Morgan fingerprint density at radius 1 is 0.886 bits per heavy atom. The molecule has 2 aromatic rings. The Morgan fingerprint density at radius 3 is 1.86 bits per heavy atom. The first-order valence-electron chi connectivity index (χ1n) is 11.3. The van der Waals surface area contributed by atoms with Crippen LogP contribution in [-0.2, 0) is 0 Å². The number of piperidine rings is 2. The average Bonchev–Trinajstić information content (AvgIpc) is 2.81. The molecule has 1 aromatic carbocycles. The number of nitrogens with two attached hydrogens (primary N) is 4. The van der Waals surface area contributed by atoms with Crippen LogP contribution >= 0.6 is 12.4 Å². The number of hydrazine groups is 1. The monoisotopic (exact) mass is 507 g/mol. The van der Waals surface area contributed by atoms with E-state index in [9.17, 15) is 4.79 Å². The van der Waals surface area contributed by atoms with E-state index in [0.717, 1.165) is 12.8 Å². The highest BCUT2D eigenvalue weighted by atomic mass is 35.5. The van der Waals surface area contributed by atoms with E-state index in [-0.39, 0.29) is 42.5 Å². The lowest BCUT2D eigenvalue weighted by Gasteiger charge is -2.36. The number of anilines is 3. The Bertz CT molecular complexity index is 949. The largest absolute Gasteiger partial charge is 0.496 e. The molecular weight excluding hydrogens is 474 g/mol. The molecule has 2 saturated heterocycles. The third-order valence-corrected chi connectivity index (χ3v) is 5.85. The highest BCUT2D eigenvalue weighted by Gasteiger charge is 2.28. The van der Waals surface area contributed by atoms with Crippen LogP contribution in [0, 0.1) is 0 Å². The Morgan fingerprint density at radius 2 is 1.37 bits per heavy atom. The SMILES string of the molecule is COc1ccccc1C(=O)NNc1nc(N2C[C@H](N)C[C@H](N)C2)nc(N2C[C@H](N)C[C@H](N)C2)n1.Cl. The van der Waals surface area contributed by atoms with Gasteiger partial charge in [0.25, 0.3) is 5.91 Å². The first kappa shape index (κ1) is 26.6. The topological polar surface area (TPSA) is 200 Å². The number of carbonyl (C=O) groups excluding carboxylic acids is 1. The number of methoxy groups -OCH3 is 1. The summed E-state index contributed by atoms with van der Waals surface area (Å²) in [4.78, 5) is 30.3. The van der Waals surface area contributed by atoms with Gasteiger partial charge in [-0.3, -0.25) is 15.6 Å². The van der Waals surface area contributed by atoms with Crippen LogP contribution < -0.4 is 48.3 Å². The van der Waals surface area contributed by atoms with Gasteiger partial charge in [0.15, 0.2) is 0 Å². The normalized spacial score (nSPS) is 24.4. The predicted octanol–water partition coefficient (Wildman–Crippen LogP) is -1.21. The van der Waals surface area contributed by atoms with Crippen molar-refractivity contribution < 1.29 is 9.53 Å². The fraction of sp³-hybridized carbons (Fsp3) is 0.524. The van der Waals surface area contributed by atoms with E-state index < -0.39 is 5.91 Å². The van der Waals surface area contributed by atoms with Gasteiger partial charge in [0, 0.05) is 50.3 Å². The minimum Gasteiger partial charge on any atom is -0.496 e. The summed E-state index contributed by atoms with van der Waals surface area (Å²) in [6.07, 6.45) is 1.45. The summed E-state index contributed by atoms with van der Waals surface area (Å²) in [5.41, 5.74) is 30.5. The standard InChI is InChI=1S/C21H33N11O2.ClH/c1-34-17-5-3-2-4-16(17)18(33)29-30-19-26-20(31-8-12(22)6-13(23)9-31)28-21(27-19)32-10-14(24)7-15(25)11-32;/h2-5,12-15H,6-11,22-25H2,1H3,(H,29,33)(H,26,27,28,30);1H/t12-,13+,14-,15+;. The number of aromatic nitrogens is 3. The van der Waals surface area contributed by atoms with Crippen LogP contribution in [0.1, 0.15) is 23.2 Å². The van der Waals surface area contributed by atoms with Crippen LogP contribution in [0.3, 0.4) is 0 Å². The van der Waals surface area contributed by atoms with E-state index >= 15 is 0 Å². The van der Waals surface area contributed by atoms with Crippen LogP contribution in [-0.4, -0.2) is 78.3 Å². The van der Waals surface area contributed by atoms with Crippen LogP contribution in [0.4, 0.5) is 17.8 Å². The molecule has 1 aromatic heterocycles. The molecule has 0 spiro atoms. The van der Waals surface area contributed by atoms with Crippen molar-refractivity contribution in [3.8, 4) is 5.75 Å². The molecule has 0 unspecified atom stereocenters. The van der Waals surface area contributed by atoms with Crippen molar-refractivity contribution >= 4 is 36.2 Å². The maximum absolute atomic E-state index is 12.7. The number of hydrogen-bond donors (Lipinski definition) is 6. The maximum atomic E-state index is 12.7. The van der Waals surface area contributed by atoms with Gasteiger partial charge >= 0.3 is 0 Å². The number of benzene rings is 1. The number of halogens is 1. The minimum absolute atomic E-state index is 0. The van der Waals surface area contributed by atoms with E-state index in [1.54, 1.807) is 24.3 Å². The lowest BCUT2D eigenvalue weighted by molar-refractivity contribution is 0.0959. The van der Waals surface area contributed by atoms with Crippen molar-refractivity contribution in [1.29, 1.82) is 0 Å². The maximum Gasteiger partial charge on any atom is 0.273 e. The fourth-order valence-corrected chi connectivity index (χ4v) is 4.39. The molecule has 0 aliphatic carbocycles. The van der Waals surface area contributed by atoms with E-state index in [1.807, 2.05) is 9.80 Å². The molecular formula is C21H34ClN11O2. The van der Waals surface area contributed by atoms with Crippen LogP contribution in [0.25, 0.3) is 0 Å². The van der Waals surface area contributed by atoms with Gasteiger partial charge in [0.1, 0.15) is 5.75 Å². The fourth-order valence-electron chi connectivity index (χ4n) is 4.39. The Hall–Kier alpha value is -2.97. The first-order chi connectivity index (χ1) is 16.3. The molecule has 192 valence electrons. The van der Waals surface area contributed by atoms with Crippen LogP contribution in [0.5, 0.6) is 5.75 Å². The average molecular weight is 508 g/mol. The second kappa shape index (κ2) is 11.6. The third kappa shape index (κ3) is 6.58. The molecule has 0 bridgehead atoms. The van der Waals surface area contributed by atoms with Gasteiger partial charge in [-0.05, 0) is 25.0 Å². The summed E-state index contributed by atoms with van der Waals surface area (Å²) in [6.45, 7) is 2.23. The highest BCUT2D eigenvalue weighted by molar-refractivity contribution is 5.97. The van der Waals surface area contributed by atoms with Crippen molar-refractivity contribution in [3.05, 3.63) is 29.8 Å². The number of para-hydroxylation sites is 1. The summed E-state index contributed by atoms with van der Waals surface area (Å²) < 4.78 is 5.27. The molecule has 2 fully saturated rings. The molecule has 4 rings (SSSR count). The number of nitrogens with one attached hydrogen (secondary N) is 2. The van der Waals surface area contributed by atoms with E-state index in [0.29, 0.717) is 49.4 Å². The Labute approximate surface area is 210 Å². The van der Waals surface area contributed by atoms with Gasteiger partial charge in [-0.1, -0.05) is 12.1 Å². The molecule has 35 heavy (non-hydrogen) atoms. The van der Waals surface area contributed by atoms with Crippen molar-refractivity contribution in [1.82, 2.24) is 20.4 Å². The number of rotatable bonds is 6. The van der Waals surface area contributed by atoms with Gasteiger partial charge in [0.2, 0.25) is 17.8 Å². The zero-order valence-corrected chi connectivity index (χ0v) is 20.4. The Balaban J connectivity index is 0.00000342. The van der Waals surface area contributed by atoms with Crippen LogP contribution in [0.15, 0.2) is 24.3 Å². The third-order valence-electron chi connectivity index (χ3n) is 5.85. The van der Waals surface area contributed by atoms with Crippen molar-refractivity contribution in [3.63, 3.8) is 0 Å². The zero-order valence-electron chi connectivity index (χ0n) is 19.6. The molecule has 2 aliphatic heterocycles. The quantitative estimate of drug-likeness (QED) is 0.255. The molecule has 13 nitrogen and oxygen atoms in total. The molecule has 3 heterocycles. The lowest BCUT2D eigenvalue weighted by Crippen LogP contribution is -2.54. The van der Waals surface area contributed by atoms with Gasteiger partial charge in [0.05, 0.1) is 12.7 Å². The lowest BCUT2D eigenvalue weighted by atomic mass is 10.0. The summed E-state index contributed by atoms with van der Waals surface area (Å²) in [7, 11) is 1.51. The summed E-state index contributed by atoms with van der Waals surface area (Å²) in [6, 6.07) is 6.53. The van der Waals surface area contributed by atoms with E-state index in [1.165, 1.54) is 7.11 Å². The van der Waals surface area contributed by atoms with Crippen molar-refractivity contribution in [2.45, 2.75) is 37.0 Å². The van der Waals surface area contributed by atoms with Crippen molar-refractivity contribution in [2.24, 2.45) is 22.9 Å². The molecule has 2 aliphatic rings. The van der Waals surface area contributed by atoms with Crippen molar-refractivity contribution in [2.75, 3.05) is 48.5 Å². The van der Waals surface area contributed by atoms with E-state index in [2.05, 4.69) is 25.8 Å². The molecule has 14 heteroatoms.